The summed E-state index contributed by atoms with van der Waals surface area (Å²) in [5.74, 6) is 0.409. The lowest BCUT2D eigenvalue weighted by Gasteiger charge is -2.30. The molecule has 0 heterocycles. The maximum Gasteiger partial charge on any atom is 0.0991 e. The summed E-state index contributed by atoms with van der Waals surface area (Å²) in [5, 5.41) is 21.6. The maximum absolute atomic E-state index is 9.36. The lowest BCUT2D eigenvalue weighted by molar-refractivity contribution is 0.155. The smallest absolute Gasteiger partial charge is 0.0991 e. The van der Waals surface area contributed by atoms with Crippen molar-refractivity contribution < 1.29 is 5.11 Å². The number of aliphatic hydroxyl groups excluding tert-OH is 1. The summed E-state index contributed by atoms with van der Waals surface area (Å²) in [6.45, 7) is 1.11. The van der Waals surface area contributed by atoms with E-state index < -0.39 is 0 Å². The molecule has 0 amide bonds. The molecule has 20 heavy (non-hydrogen) atoms. The summed E-state index contributed by atoms with van der Waals surface area (Å²) < 4.78 is 0. The van der Waals surface area contributed by atoms with Gasteiger partial charge in [-0.3, -0.25) is 0 Å². The molecule has 0 aliphatic heterocycles. The van der Waals surface area contributed by atoms with E-state index in [-0.39, 0.29) is 6.61 Å². The van der Waals surface area contributed by atoms with E-state index in [9.17, 15) is 5.11 Å². The molecule has 2 rings (SSSR count). The van der Waals surface area contributed by atoms with Crippen LogP contribution in [0, 0.1) is 17.2 Å². The van der Waals surface area contributed by atoms with Gasteiger partial charge in [0, 0.05) is 19.2 Å². The SMILES string of the molecule is N#Cc1ccc(/C=C/CNC2CCCCC2CO)cc1. The Hall–Kier alpha value is -1.63. The fraction of sp³-hybridized carbons (Fsp3) is 0.471. The van der Waals surface area contributed by atoms with E-state index in [0.717, 1.165) is 24.9 Å². The van der Waals surface area contributed by atoms with Crippen LogP contribution in [0.15, 0.2) is 30.3 Å². The summed E-state index contributed by atoms with van der Waals surface area (Å²) in [6.07, 6.45) is 8.96. The van der Waals surface area contributed by atoms with Crippen molar-refractivity contribution in [3.05, 3.63) is 41.5 Å². The van der Waals surface area contributed by atoms with E-state index in [4.69, 9.17) is 5.26 Å². The van der Waals surface area contributed by atoms with Crippen LogP contribution in [-0.4, -0.2) is 24.3 Å². The fourth-order valence-electron chi connectivity index (χ4n) is 2.78. The summed E-state index contributed by atoms with van der Waals surface area (Å²) in [6, 6.07) is 10.1. The van der Waals surface area contributed by atoms with Crippen LogP contribution in [0.5, 0.6) is 0 Å². The van der Waals surface area contributed by atoms with Crippen molar-refractivity contribution in [3.63, 3.8) is 0 Å². The van der Waals surface area contributed by atoms with Crippen molar-refractivity contribution in [1.29, 1.82) is 5.26 Å². The predicted molar refractivity (Wildman–Crippen MR) is 81.0 cm³/mol. The molecule has 2 N–H and O–H groups in total. The van der Waals surface area contributed by atoms with Crippen LogP contribution in [0.3, 0.4) is 0 Å². The zero-order valence-corrected chi connectivity index (χ0v) is 11.8. The molecule has 2 atom stereocenters. The topological polar surface area (TPSA) is 56.0 Å². The van der Waals surface area contributed by atoms with Gasteiger partial charge in [0.05, 0.1) is 11.6 Å². The molecule has 1 aliphatic rings. The third-order valence-corrected chi connectivity index (χ3v) is 3.99. The van der Waals surface area contributed by atoms with Crippen LogP contribution in [0.1, 0.15) is 36.8 Å². The highest BCUT2D eigenvalue weighted by molar-refractivity contribution is 5.51. The Kier molecular flexibility index (Phi) is 5.79. The highest BCUT2D eigenvalue weighted by Gasteiger charge is 2.23. The minimum Gasteiger partial charge on any atom is -0.396 e. The summed E-state index contributed by atoms with van der Waals surface area (Å²) >= 11 is 0. The molecule has 106 valence electrons. The van der Waals surface area contributed by atoms with Gasteiger partial charge in [0.1, 0.15) is 0 Å². The molecule has 0 bridgehead atoms. The molecule has 1 saturated carbocycles. The zero-order chi connectivity index (χ0) is 14.2. The maximum atomic E-state index is 9.36. The molecule has 3 heteroatoms. The summed E-state index contributed by atoms with van der Waals surface area (Å²) in [4.78, 5) is 0. The van der Waals surface area contributed by atoms with Gasteiger partial charge in [-0.2, -0.15) is 5.26 Å². The van der Waals surface area contributed by atoms with Gasteiger partial charge >= 0.3 is 0 Å². The van der Waals surface area contributed by atoms with E-state index in [2.05, 4.69) is 23.5 Å². The Morgan fingerprint density at radius 3 is 2.70 bits per heavy atom. The van der Waals surface area contributed by atoms with E-state index in [1.54, 1.807) is 0 Å². The molecule has 1 aromatic carbocycles. The van der Waals surface area contributed by atoms with Crippen LogP contribution < -0.4 is 5.32 Å². The molecule has 0 saturated heterocycles. The number of benzene rings is 1. The molecule has 0 radical (unpaired) electrons. The average Bonchev–Trinajstić information content (AvgIpc) is 2.52. The third-order valence-electron chi connectivity index (χ3n) is 3.99. The van der Waals surface area contributed by atoms with Gasteiger partial charge in [-0.15, -0.1) is 0 Å². The minimum absolute atomic E-state index is 0.289. The second-order valence-corrected chi connectivity index (χ2v) is 5.38. The molecule has 1 fully saturated rings. The number of hydrogen-bond donors (Lipinski definition) is 2. The fourth-order valence-corrected chi connectivity index (χ4v) is 2.78. The predicted octanol–water partition coefficient (Wildman–Crippen LogP) is 2.71. The molecule has 0 aromatic heterocycles. The van der Waals surface area contributed by atoms with Crippen LogP contribution >= 0.6 is 0 Å². The van der Waals surface area contributed by atoms with E-state index >= 15 is 0 Å². The second-order valence-electron chi connectivity index (χ2n) is 5.38. The summed E-state index contributed by atoms with van der Waals surface area (Å²) in [5.41, 5.74) is 1.79. The van der Waals surface area contributed by atoms with Gasteiger partial charge in [0.2, 0.25) is 0 Å². The van der Waals surface area contributed by atoms with Gasteiger partial charge in [-0.05, 0) is 36.5 Å². The number of aliphatic hydroxyl groups is 1. The van der Waals surface area contributed by atoms with Crippen molar-refractivity contribution in [2.24, 2.45) is 5.92 Å². The highest BCUT2D eigenvalue weighted by Crippen LogP contribution is 2.23. The van der Waals surface area contributed by atoms with Gasteiger partial charge in [0.15, 0.2) is 0 Å². The van der Waals surface area contributed by atoms with Crippen molar-refractivity contribution >= 4 is 6.08 Å². The van der Waals surface area contributed by atoms with E-state index in [1.165, 1.54) is 12.8 Å². The van der Waals surface area contributed by atoms with Crippen LogP contribution in [-0.2, 0) is 0 Å². The lowest BCUT2D eigenvalue weighted by Crippen LogP contribution is -2.40. The van der Waals surface area contributed by atoms with Crippen molar-refractivity contribution in [1.82, 2.24) is 5.32 Å². The number of nitrogens with one attached hydrogen (secondary N) is 1. The summed E-state index contributed by atoms with van der Waals surface area (Å²) in [7, 11) is 0. The molecule has 1 aromatic rings. The monoisotopic (exact) mass is 270 g/mol. The number of hydrogen-bond acceptors (Lipinski definition) is 3. The molecule has 1 aliphatic carbocycles. The van der Waals surface area contributed by atoms with Gasteiger partial charge in [0.25, 0.3) is 0 Å². The Labute approximate surface area is 120 Å². The van der Waals surface area contributed by atoms with Gasteiger partial charge < -0.3 is 10.4 Å². The van der Waals surface area contributed by atoms with Crippen LogP contribution in [0.25, 0.3) is 6.08 Å². The number of nitriles is 1. The first-order valence-electron chi connectivity index (χ1n) is 7.34. The van der Waals surface area contributed by atoms with Gasteiger partial charge in [-0.1, -0.05) is 37.1 Å². The Morgan fingerprint density at radius 2 is 2.00 bits per heavy atom. The van der Waals surface area contributed by atoms with E-state index in [0.29, 0.717) is 17.5 Å². The number of rotatable bonds is 5. The van der Waals surface area contributed by atoms with Crippen LogP contribution in [0.2, 0.25) is 0 Å². The molecular formula is C17H22N2O. The highest BCUT2D eigenvalue weighted by atomic mass is 16.3. The molecular weight excluding hydrogens is 248 g/mol. The molecule has 3 nitrogen and oxygen atoms in total. The van der Waals surface area contributed by atoms with Crippen molar-refractivity contribution in [3.8, 4) is 6.07 Å². The average molecular weight is 270 g/mol. The van der Waals surface area contributed by atoms with Gasteiger partial charge in [-0.25, -0.2) is 0 Å². The Bertz CT molecular complexity index is 473. The van der Waals surface area contributed by atoms with E-state index in [1.807, 2.05) is 24.3 Å². The molecule has 2 unspecified atom stereocenters. The Balaban J connectivity index is 1.79. The second kappa shape index (κ2) is 7.84. The largest absolute Gasteiger partial charge is 0.396 e. The first-order chi connectivity index (χ1) is 9.83. The van der Waals surface area contributed by atoms with Crippen LogP contribution in [0.4, 0.5) is 0 Å². The standard InChI is InChI=1S/C17H22N2O/c18-12-15-9-7-14(8-10-15)4-3-11-19-17-6-2-1-5-16(17)13-20/h3-4,7-10,16-17,19-20H,1-2,5-6,11,13H2/b4-3+. The third kappa shape index (κ3) is 4.19. The van der Waals surface area contributed by atoms with Crippen molar-refractivity contribution in [2.45, 2.75) is 31.7 Å². The normalized spacial score (nSPS) is 22.8. The van der Waals surface area contributed by atoms with Crippen molar-refractivity contribution in [2.75, 3.05) is 13.2 Å². The first-order valence-corrected chi connectivity index (χ1v) is 7.34. The lowest BCUT2D eigenvalue weighted by atomic mass is 9.85. The Morgan fingerprint density at radius 1 is 1.25 bits per heavy atom. The molecule has 0 spiro atoms. The minimum atomic E-state index is 0.289. The number of nitrogens with zero attached hydrogens (tertiary/aromatic N) is 1. The zero-order valence-electron chi connectivity index (χ0n) is 11.8. The first kappa shape index (κ1) is 14.8. The quantitative estimate of drug-likeness (QED) is 0.865.